The highest BCUT2D eigenvalue weighted by molar-refractivity contribution is 7.80. The van der Waals surface area contributed by atoms with E-state index >= 15 is 0 Å². The summed E-state index contributed by atoms with van der Waals surface area (Å²) >= 11 is 4.36. The minimum absolute atomic E-state index is 0.0673. The molecule has 1 aliphatic rings. The van der Waals surface area contributed by atoms with Gasteiger partial charge in [-0.3, -0.25) is 9.69 Å². The summed E-state index contributed by atoms with van der Waals surface area (Å²) in [6.45, 7) is 5.45. The van der Waals surface area contributed by atoms with Gasteiger partial charge in [0.1, 0.15) is 11.6 Å². The maximum atomic E-state index is 12.3. The third-order valence-corrected chi connectivity index (χ3v) is 3.41. The Labute approximate surface area is 124 Å². The standard InChI is InChI=1S/C15H19NO3S/c1-15(2,3)19-14(18)11-8-9-13(17)16(11)10-6-4-5-7-12(10)20/h4-7,11,20H,8-9H2,1-3H3. The van der Waals surface area contributed by atoms with Gasteiger partial charge in [-0.05, 0) is 39.3 Å². The van der Waals surface area contributed by atoms with Crippen molar-refractivity contribution < 1.29 is 14.3 Å². The van der Waals surface area contributed by atoms with Gasteiger partial charge in [0.25, 0.3) is 0 Å². The number of hydrogen-bond donors (Lipinski definition) is 1. The average molecular weight is 293 g/mol. The number of para-hydroxylation sites is 1. The van der Waals surface area contributed by atoms with E-state index in [1.807, 2.05) is 32.9 Å². The van der Waals surface area contributed by atoms with Crippen LogP contribution in [0.4, 0.5) is 5.69 Å². The number of carbonyl (C=O) groups is 2. The lowest BCUT2D eigenvalue weighted by Gasteiger charge is -2.28. The second-order valence-corrected chi connectivity index (χ2v) is 6.32. The number of anilines is 1. The van der Waals surface area contributed by atoms with Gasteiger partial charge in [-0.25, -0.2) is 4.79 Å². The Bertz CT molecular complexity index is 536. The van der Waals surface area contributed by atoms with Gasteiger partial charge < -0.3 is 4.74 Å². The van der Waals surface area contributed by atoms with Crippen LogP contribution in [0.5, 0.6) is 0 Å². The number of hydrogen-bond acceptors (Lipinski definition) is 4. The number of nitrogens with zero attached hydrogens (tertiary/aromatic N) is 1. The van der Waals surface area contributed by atoms with Crippen LogP contribution in [-0.4, -0.2) is 23.5 Å². The van der Waals surface area contributed by atoms with Crippen molar-refractivity contribution in [3.63, 3.8) is 0 Å². The molecule has 108 valence electrons. The van der Waals surface area contributed by atoms with Crippen LogP contribution < -0.4 is 4.90 Å². The topological polar surface area (TPSA) is 46.6 Å². The summed E-state index contributed by atoms with van der Waals surface area (Å²) in [5, 5.41) is 0. The molecular formula is C15H19NO3S. The Morgan fingerprint density at radius 3 is 2.60 bits per heavy atom. The lowest BCUT2D eigenvalue weighted by molar-refractivity contribution is -0.156. The van der Waals surface area contributed by atoms with Crippen molar-refractivity contribution in [3.05, 3.63) is 24.3 Å². The number of benzene rings is 1. The molecule has 0 spiro atoms. The quantitative estimate of drug-likeness (QED) is 0.674. The number of rotatable bonds is 2. The zero-order chi connectivity index (χ0) is 14.9. The first kappa shape index (κ1) is 14.9. The van der Waals surface area contributed by atoms with Gasteiger partial charge >= 0.3 is 5.97 Å². The summed E-state index contributed by atoms with van der Waals surface area (Å²) in [6, 6.07) is 6.70. The van der Waals surface area contributed by atoms with Crippen molar-refractivity contribution in [1.29, 1.82) is 0 Å². The first-order valence-electron chi connectivity index (χ1n) is 6.62. The van der Waals surface area contributed by atoms with Gasteiger partial charge in [-0.2, -0.15) is 0 Å². The highest BCUT2D eigenvalue weighted by Gasteiger charge is 2.40. The minimum atomic E-state index is -0.561. The van der Waals surface area contributed by atoms with Crippen LogP contribution in [0.25, 0.3) is 0 Å². The molecule has 1 saturated heterocycles. The van der Waals surface area contributed by atoms with Crippen molar-refractivity contribution in [2.75, 3.05) is 4.90 Å². The third-order valence-electron chi connectivity index (χ3n) is 3.03. The number of amides is 1. The van der Waals surface area contributed by atoms with E-state index in [0.29, 0.717) is 23.4 Å². The Balaban J connectivity index is 2.28. The second kappa shape index (κ2) is 5.48. The van der Waals surface area contributed by atoms with Gasteiger partial charge in [-0.1, -0.05) is 12.1 Å². The number of ether oxygens (including phenoxy) is 1. The van der Waals surface area contributed by atoms with Gasteiger partial charge in [0.15, 0.2) is 0 Å². The molecule has 1 aromatic carbocycles. The normalized spacial score (nSPS) is 19.3. The van der Waals surface area contributed by atoms with E-state index in [-0.39, 0.29) is 11.9 Å². The molecule has 20 heavy (non-hydrogen) atoms. The number of esters is 1. The average Bonchev–Trinajstić information content (AvgIpc) is 2.70. The van der Waals surface area contributed by atoms with Crippen LogP contribution in [0.2, 0.25) is 0 Å². The first-order chi connectivity index (χ1) is 9.29. The molecule has 1 aliphatic heterocycles. The fraction of sp³-hybridized carbons (Fsp3) is 0.467. The Morgan fingerprint density at radius 1 is 1.35 bits per heavy atom. The molecule has 4 nitrogen and oxygen atoms in total. The molecule has 1 unspecified atom stereocenters. The Morgan fingerprint density at radius 2 is 2.00 bits per heavy atom. The molecular weight excluding hydrogens is 274 g/mol. The van der Waals surface area contributed by atoms with E-state index < -0.39 is 11.6 Å². The lowest BCUT2D eigenvalue weighted by Crippen LogP contribution is -2.42. The van der Waals surface area contributed by atoms with Crippen LogP contribution in [0, 0.1) is 0 Å². The van der Waals surface area contributed by atoms with E-state index in [2.05, 4.69) is 12.6 Å². The van der Waals surface area contributed by atoms with Crippen molar-refractivity contribution in [3.8, 4) is 0 Å². The molecule has 1 aromatic rings. The Hall–Kier alpha value is -1.49. The van der Waals surface area contributed by atoms with Crippen molar-refractivity contribution in [2.24, 2.45) is 0 Å². The summed E-state index contributed by atoms with van der Waals surface area (Å²) in [7, 11) is 0. The summed E-state index contributed by atoms with van der Waals surface area (Å²) in [6.07, 6.45) is 0.835. The Kier molecular flexibility index (Phi) is 4.09. The maximum Gasteiger partial charge on any atom is 0.329 e. The molecule has 2 rings (SSSR count). The maximum absolute atomic E-state index is 12.3. The summed E-state index contributed by atoms with van der Waals surface area (Å²) in [5.41, 5.74) is 0.101. The molecule has 5 heteroatoms. The minimum Gasteiger partial charge on any atom is -0.458 e. The number of thiol groups is 1. The predicted molar refractivity (Wildman–Crippen MR) is 80.0 cm³/mol. The monoisotopic (exact) mass is 293 g/mol. The van der Waals surface area contributed by atoms with Gasteiger partial charge in [0.05, 0.1) is 5.69 Å². The predicted octanol–water partition coefficient (Wildman–Crippen LogP) is 2.81. The SMILES string of the molecule is CC(C)(C)OC(=O)C1CCC(=O)N1c1ccccc1S. The smallest absolute Gasteiger partial charge is 0.329 e. The van der Waals surface area contributed by atoms with Crippen molar-refractivity contribution in [1.82, 2.24) is 0 Å². The molecule has 0 aliphatic carbocycles. The molecule has 1 atom stereocenters. The largest absolute Gasteiger partial charge is 0.458 e. The zero-order valence-corrected chi connectivity index (χ0v) is 12.8. The molecule has 0 aromatic heterocycles. The molecule has 1 heterocycles. The van der Waals surface area contributed by atoms with E-state index in [0.717, 1.165) is 0 Å². The fourth-order valence-corrected chi connectivity index (χ4v) is 2.52. The highest BCUT2D eigenvalue weighted by Crippen LogP contribution is 2.32. The molecule has 0 N–H and O–H groups in total. The van der Waals surface area contributed by atoms with Gasteiger partial charge in [0.2, 0.25) is 5.91 Å². The van der Waals surface area contributed by atoms with Crippen LogP contribution in [0.15, 0.2) is 29.2 Å². The van der Waals surface area contributed by atoms with E-state index in [9.17, 15) is 9.59 Å². The highest BCUT2D eigenvalue weighted by atomic mass is 32.1. The van der Waals surface area contributed by atoms with E-state index in [4.69, 9.17) is 4.74 Å². The lowest BCUT2D eigenvalue weighted by atomic mass is 10.1. The molecule has 0 bridgehead atoms. The third kappa shape index (κ3) is 3.15. The number of carbonyl (C=O) groups excluding carboxylic acids is 2. The molecule has 1 amide bonds. The van der Waals surface area contributed by atoms with Crippen LogP contribution in [-0.2, 0) is 14.3 Å². The van der Waals surface area contributed by atoms with E-state index in [1.165, 1.54) is 4.90 Å². The van der Waals surface area contributed by atoms with Gasteiger partial charge in [0, 0.05) is 11.3 Å². The molecule has 1 fully saturated rings. The molecule has 0 saturated carbocycles. The van der Waals surface area contributed by atoms with Crippen molar-refractivity contribution in [2.45, 2.75) is 50.2 Å². The van der Waals surface area contributed by atoms with Gasteiger partial charge in [-0.15, -0.1) is 12.6 Å². The zero-order valence-electron chi connectivity index (χ0n) is 11.9. The van der Waals surface area contributed by atoms with Crippen molar-refractivity contribution >= 4 is 30.2 Å². The summed E-state index contributed by atoms with van der Waals surface area (Å²) in [5.74, 6) is -0.428. The van der Waals surface area contributed by atoms with Crippen LogP contribution >= 0.6 is 12.6 Å². The van der Waals surface area contributed by atoms with Crippen LogP contribution in [0.3, 0.4) is 0 Å². The second-order valence-electron chi connectivity index (χ2n) is 5.84. The summed E-state index contributed by atoms with van der Waals surface area (Å²) in [4.78, 5) is 26.5. The fourth-order valence-electron chi connectivity index (χ4n) is 2.25. The summed E-state index contributed by atoms with van der Waals surface area (Å²) < 4.78 is 5.40. The molecule has 0 radical (unpaired) electrons. The first-order valence-corrected chi connectivity index (χ1v) is 7.07. The van der Waals surface area contributed by atoms with E-state index in [1.54, 1.807) is 12.1 Å². The van der Waals surface area contributed by atoms with Crippen LogP contribution in [0.1, 0.15) is 33.6 Å².